The quantitative estimate of drug-likeness (QED) is 0.225. The molecule has 9 nitrogen and oxygen atoms in total. The van der Waals surface area contributed by atoms with Crippen molar-refractivity contribution in [2.45, 2.75) is 23.6 Å². The summed E-state index contributed by atoms with van der Waals surface area (Å²) in [5.41, 5.74) is 6.51. The van der Waals surface area contributed by atoms with Crippen molar-refractivity contribution >= 4 is 37.3 Å². The van der Waals surface area contributed by atoms with Crippen molar-refractivity contribution in [3.8, 4) is 0 Å². The smallest absolute Gasteiger partial charge is 0.744 e. The predicted octanol–water partition coefficient (Wildman–Crippen LogP) is -3.88. The number of nitrogens with zero attached hydrogens (tertiary/aromatic N) is 2. The molecule has 13 heteroatoms. The second-order valence-electron chi connectivity index (χ2n) is 5.23. The number of aryl methyl sites for hydroxylation is 2. The van der Waals surface area contributed by atoms with E-state index in [9.17, 15) is 25.9 Å². The number of nitrogen functional groups attached to an aromatic ring is 1. The molecule has 0 amide bonds. The molecular formula is C14H13N3Na2O6S2. The summed E-state index contributed by atoms with van der Waals surface area (Å²) >= 11 is 0. The van der Waals surface area contributed by atoms with Crippen LogP contribution in [-0.2, 0) is 20.2 Å². The Bertz CT molecular complexity index is 1090. The van der Waals surface area contributed by atoms with Gasteiger partial charge in [-0.3, -0.25) is 0 Å². The fraction of sp³-hybridized carbons (Fsp3) is 0.143. The Morgan fingerprint density at radius 3 is 1.93 bits per heavy atom. The maximum atomic E-state index is 11.2. The van der Waals surface area contributed by atoms with E-state index in [2.05, 4.69) is 10.2 Å². The minimum Gasteiger partial charge on any atom is -0.744 e. The number of azo groups is 1. The van der Waals surface area contributed by atoms with E-state index in [0.29, 0.717) is 11.1 Å². The topological polar surface area (TPSA) is 165 Å². The molecule has 0 aliphatic carbocycles. The average molecular weight is 429 g/mol. The minimum atomic E-state index is -4.77. The van der Waals surface area contributed by atoms with Gasteiger partial charge in [-0.1, -0.05) is 0 Å². The van der Waals surface area contributed by atoms with Crippen molar-refractivity contribution in [1.29, 1.82) is 0 Å². The van der Waals surface area contributed by atoms with Crippen LogP contribution in [-0.4, -0.2) is 25.9 Å². The van der Waals surface area contributed by atoms with Crippen LogP contribution in [0.3, 0.4) is 0 Å². The minimum absolute atomic E-state index is 0. The number of hydrogen-bond acceptors (Lipinski definition) is 9. The predicted molar refractivity (Wildman–Crippen MR) is 86.9 cm³/mol. The molecule has 0 unspecified atom stereocenters. The summed E-state index contributed by atoms with van der Waals surface area (Å²) in [4.78, 5) is -0.988. The normalized spacial score (nSPS) is 11.7. The second kappa shape index (κ2) is 9.92. The molecule has 0 bridgehead atoms. The molecule has 0 fully saturated rings. The summed E-state index contributed by atoms with van der Waals surface area (Å²) in [5, 5.41) is 7.73. The van der Waals surface area contributed by atoms with Crippen LogP contribution in [0.4, 0.5) is 17.1 Å². The van der Waals surface area contributed by atoms with Gasteiger partial charge >= 0.3 is 59.1 Å². The van der Waals surface area contributed by atoms with Crippen LogP contribution in [0.25, 0.3) is 0 Å². The standard InChI is InChI=1S/C14H15N3O6S2.2Na/c1-8-6-11(24(18,19)20)3-4-12(8)17-16-10-5-9(2)14(15)13(7-10)25(21,22)23;;/h3-7H,15H2,1-2H3,(H,18,19,20)(H,21,22,23);;/q;2*+1/p-2. The third-order valence-corrected chi connectivity index (χ3v) is 5.04. The van der Waals surface area contributed by atoms with Gasteiger partial charge in [-0.2, -0.15) is 10.2 Å². The molecule has 0 aliphatic heterocycles. The Labute approximate surface area is 201 Å². The Hall–Kier alpha value is -0.340. The fourth-order valence-corrected chi connectivity index (χ4v) is 3.27. The van der Waals surface area contributed by atoms with Gasteiger partial charge in [0.25, 0.3) is 0 Å². The first-order chi connectivity index (χ1) is 11.4. The Morgan fingerprint density at radius 1 is 0.852 bits per heavy atom. The molecule has 134 valence electrons. The molecule has 0 saturated carbocycles. The van der Waals surface area contributed by atoms with E-state index in [1.165, 1.54) is 26.0 Å². The van der Waals surface area contributed by atoms with E-state index in [-0.39, 0.29) is 76.2 Å². The molecule has 0 saturated heterocycles. The number of hydrogen-bond donors (Lipinski definition) is 1. The molecule has 0 atom stereocenters. The maximum Gasteiger partial charge on any atom is 1.00 e. The van der Waals surface area contributed by atoms with Crippen molar-refractivity contribution in [3.63, 3.8) is 0 Å². The molecule has 2 rings (SSSR count). The summed E-state index contributed by atoms with van der Waals surface area (Å²) < 4.78 is 66.6. The summed E-state index contributed by atoms with van der Waals surface area (Å²) in [5.74, 6) is 0. The summed E-state index contributed by atoms with van der Waals surface area (Å²) in [7, 11) is -9.35. The first-order valence-corrected chi connectivity index (χ1v) is 9.55. The van der Waals surface area contributed by atoms with E-state index < -0.39 is 30.0 Å². The van der Waals surface area contributed by atoms with Gasteiger partial charge < -0.3 is 14.8 Å². The zero-order valence-electron chi connectivity index (χ0n) is 15.1. The Balaban J connectivity index is 0.00000338. The van der Waals surface area contributed by atoms with Crippen molar-refractivity contribution < 1.29 is 85.1 Å². The second-order valence-corrected chi connectivity index (χ2v) is 7.96. The summed E-state index contributed by atoms with van der Waals surface area (Å²) in [6.45, 7) is 3.05. The molecule has 0 heterocycles. The van der Waals surface area contributed by atoms with Crippen LogP contribution in [0.15, 0.2) is 50.4 Å². The van der Waals surface area contributed by atoms with Crippen LogP contribution >= 0.6 is 0 Å². The number of nitrogens with two attached hydrogens (primary N) is 1. The molecule has 0 radical (unpaired) electrons. The van der Waals surface area contributed by atoms with E-state index in [4.69, 9.17) is 5.73 Å². The zero-order chi connectivity index (χ0) is 19.0. The van der Waals surface area contributed by atoms with E-state index >= 15 is 0 Å². The van der Waals surface area contributed by atoms with Crippen LogP contribution < -0.4 is 64.8 Å². The maximum absolute atomic E-state index is 11.2. The van der Waals surface area contributed by atoms with Gasteiger partial charge in [0.1, 0.15) is 20.2 Å². The molecule has 27 heavy (non-hydrogen) atoms. The molecular weight excluding hydrogens is 416 g/mol. The number of rotatable bonds is 4. The van der Waals surface area contributed by atoms with E-state index in [0.717, 1.165) is 18.2 Å². The van der Waals surface area contributed by atoms with Crippen LogP contribution in [0, 0.1) is 13.8 Å². The van der Waals surface area contributed by atoms with Gasteiger partial charge in [-0.05, 0) is 55.3 Å². The van der Waals surface area contributed by atoms with Crippen molar-refractivity contribution in [3.05, 3.63) is 41.5 Å². The van der Waals surface area contributed by atoms with Gasteiger partial charge in [0.05, 0.1) is 26.9 Å². The monoisotopic (exact) mass is 429 g/mol. The fourth-order valence-electron chi connectivity index (χ4n) is 2.02. The number of anilines is 1. The molecule has 0 aliphatic rings. The molecule has 0 aromatic heterocycles. The van der Waals surface area contributed by atoms with Crippen molar-refractivity contribution in [2.75, 3.05) is 5.73 Å². The van der Waals surface area contributed by atoms with Crippen LogP contribution in [0.5, 0.6) is 0 Å². The van der Waals surface area contributed by atoms with Gasteiger partial charge in [0.2, 0.25) is 0 Å². The average Bonchev–Trinajstić information content (AvgIpc) is 2.47. The van der Waals surface area contributed by atoms with Crippen molar-refractivity contribution in [2.24, 2.45) is 10.2 Å². The summed E-state index contributed by atoms with van der Waals surface area (Å²) in [6.07, 6.45) is 0. The number of benzene rings is 2. The Kier molecular flexibility index (Phi) is 9.80. The third-order valence-electron chi connectivity index (χ3n) is 3.33. The SMILES string of the molecule is Cc1cc(S(=O)(=O)[O-])ccc1N=Nc1cc(C)c(N)c(S(=O)(=O)[O-])c1.[Na+].[Na+]. The first-order valence-electron chi connectivity index (χ1n) is 6.74. The van der Waals surface area contributed by atoms with Gasteiger partial charge in [-0.25, -0.2) is 16.8 Å². The molecule has 0 spiro atoms. The largest absolute Gasteiger partial charge is 1.00 e. The van der Waals surface area contributed by atoms with Crippen LogP contribution in [0.2, 0.25) is 0 Å². The van der Waals surface area contributed by atoms with Crippen LogP contribution in [0.1, 0.15) is 11.1 Å². The summed E-state index contributed by atoms with van der Waals surface area (Å²) in [6, 6.07) is 5.97. The van der Waals surface area contributed by atoms with Crippen molar-refractivity contribution in [1.82, 2.24) is 0 Å². The van der Waals surface area contributed by atoms with E-state index in [1.807, 2.05) is 0 Å². The molecule has 2 aromatic carbocycles. The first kappa shape index (κ1) is 26.7. The van der Waals surface area contributed by atoms with Gasteiger partial charge in [-0.15, -0.1) is 0 Å². The third kappa shape index (κ3) is 6.89. The van der Waals surface area contributed by atoms with Gasteiger partial charge in [0.15, 0.2) is 0 Å². The molecule has 2 N–H and O–H groups in total. The molecule has 2 aromatic rings. The zero-order valence-corrected chi connectivity index (χ0v) is 20.8. The van der Waals surface area contributed by atoms with Gasteiger partial charge in [0, 0.05) is 0 Å². The van der Waals surface area contributed by atoms with E-state index in [1.54, 1.807) is 0 Å². The Morgan fingerprint density at radius 2 is 1.44 bits per heavy atom.